The Hall–Kier alpha value is -0.820. The Morgan fingerprint density at radius 2 is 1.67 bits per heavy atom. The molecule has 3 fully saturated rings. The molecule has 2 saturated carbocycles. The summed E-state index contributed by atoms with van der Waals surface area (Å²) in [5.41, 5.74) is 2.64. The van der Waals surface area contributed by atoms with E-state index < -0.39 is 0 Å². The molecule has 0 aromatic heterocycles. The van der Waals surface area contributed by atoms with Crippen LogP contribution in [0.4, 0.5) is 0 Å². The summed E-state index contributed by atoms with van der Waals surface area (Å²) in [6, 6.07) is 11.4. The van der Waals surface area contributed by atoms with E-state index in [4.69, 9.17) is 0 Å². The average molecular weight is 283 g/mol. The topological polar surface area (TPSA) is 3.24 Å². The van der Waals surface area contributed by atoms with E-state index in [1.165, 1.54) is 64.5 Å². The van der Waals surface area contributed by atoms with E-state index in [1.54, 1.807) is 5.56 Å². The van der Waals surface area contributed by atoms with Gasteiger partial charge in [-0.15, -0.1) is 0 Å². The van der Waals surface area contributed by atoms with Crippen molar-refractivity contribution in [3.05, 3.63) is 35.9 Å². The van der Waals surface area contributed by atoms with Crippen LogP contribution in [0.2, 0.25) is 0 Å². The van der Waals surface area contributed by atoms with Crippen LogP contribution in [-0.2, 0) is 5.54 Å². The van der Waals surface area contributed by atoms with Crippen molar-refractivity contribution in [3.63, 3.8) is 0 Å². The van der Waals surface area contributed by atoms with E-state index in [-0.39, 0.29) is 0 Å². The number of nitrogens with zero attached hydrogens (tertiary/aromatic N) is 1. The van der Waals surface area contributed by atoms with Crippen molar-refractivity contribution < 1.29 is 0 Å². The molecule has 1 atom stereocenters. The predicted octanol–water partition coefficient (Wildman–Crippen LogP) is 4.97. The SMILES string of the molecule is CC1CCC2(CC1)CCC(c1ccccc1)(N1CCC1)C2. The lowest BCUT2D eigenvalue weighted by Crippen LogP contribution is -2.52. The van der Waals surface area contributed by atoms with Crippen LogP contribution in [0.15, 0.2) is 30.3 Å². The lowest BCUT2D eigenvalue weighted by molar-refractivity contribution is 0.0138. The molecule has 3 aliphatic rings. The van der Waals surface area contributed by atoms with Gasteiger partial charge in [0, 0.05) is 18.6 Å². The molecule has 0 amide bonds. The van der Waals surface area contributed by atoms with Gasteiger partial charge in [0.15, 0.2) is 0 Å². The van der Waals surface area contributed by atoms with Crippen molar-refractivity contribution in [1.82, 2.24) is 4.90 Å². The number of likely N-dealkylation sites (tertiary alicyclic amines) is 1. The van der Waals surface area contributed by atoms with Crippen molar-refractivity contribution >= 4 is 0 Å². The molecule has 2 aliphatic carbocycles. The first-order valence-corrected chi connectivity index (χ1v) is 9.03. The zero-order valence-corrected chi connectivity index (χ0v) is 13.5. The Morgan fingerprint density at radius 1 is 0.952 bits per heavy atom. The minimum atomic E-state index is 0.375. The molecule has 1 aromatic carbocycles. The standard InChI is InChI=1S/C20H29N/c1-17-8-10-19(11-9-17)12-13-20(16-19,21-14-5-15-21)18-6-3-2-4-7-18/h2-4,6-7,17H,5,8-16H2,1H3. The number of hydrogen-bond acceptors (Lipinski definition) is 1. The van der Waals surface area contributed by atoms with Crippen LogP contribution in [0.3, 0.4) is 0 Å². The fourth-order valence-corrected chi connectivity index (χ4v) is 5.26. The first-order chi connectivity index (χ1) is 10.2. The summed E-state index contributed by atoms with van der Waals surface area (Å²) in [7, 11) is 0. The lowest BCUT2D eigenvalue weighted by Gasteiger charge is -2.49. The van der Waals surface area contributed by atoms with Gasteiger partial charge < -0.3 is 0 Å². The molecule has 0 N–H and O–H groups in total. The molecule has 1 nitrogen and oxygen atoms in total. The summed E-state index contributed by atoms with van der Waals surface area (Å²) in [4.78, 5) is 2.80. The lowest BCUT2D eigenvalue weighted by atomic mass is 9.68. The average Bonchev–Trinajstić information content (AvgIpc) is 2.83. The molecule has 0 bridgehead atoms. The second kappa shape index (κ2) is 5.12. The quantitative estimate of drug-likeness (QED) is 0.741. The summed E-state index contributed by atoms with van der Waals surface area (Å²) >= 11 is 0. The minimum absolute atomic E-state index is 0.375. The summed E-state index contributed by atoms with van der Waals surface area (Å²) < 4.78 is 0. The first kappa shape index (κ1) is 13.8. The van der Waals surface area contributed by atoms with Crippen molar-refractivity contribution in [1.29, 1.82) is 0 Å². The normalized spacial score (nSPS) is 40.3. The third-order valence-electron chi connectivity index (χ3n) is 6.84. The van der Waals surface area contributed by atoms with Gasteiger partial charge in [0.25, 0.3) is 0 Å². The second-order valence-corrected chi connectivity index (χ2v) is 8.10. The largest absolute Gasteiger partial charge is 0.293 e. The maximum atomic E-state index is 2.80. The van der Waals surface area contributed by atoms with Gasteiger partial charge in [-0.3, -0.25) is 4.90 Å². The highest BCUT2D eigenvalue weighted by atomic mass is 15.2. The van der Waals surface area contributed by atoms with E-state index >= 15 is 0 Å². The van der Waals surface area contributed by atoms with Gasteiger partial charge in [0.2, 0.25) is 0 Å². The van der Waals surface area contributed by atoms with Gasteiger partial charge in [-0.1, -0.05) is 50.1 Å². The molecule has 1 aliphatic heterocycles. The number of benzene rings is 1. The smallest absolute Gasteiger partial charge is 0.0466 e. The van der Waals surface area contributed by atoms with Gasteiger partial charge in [-0.05, 0) is 55.4 Å². The summed E-state index contributed by atoms with van der Waals surface area (Å²) in [6.45, 7) is 5.09. The van der Waals surface area contributed by atoms with Gasteiger partial charge in [-0.2, -0.15) is 0 Å². The molecule has 1 spiro atoms. The highest BCUT2D eigenvalue weighted by molar-refractivity contribution is 5.28. The Balaban J connectivity index is 1.64. The van der Waals surface area contributed by atoms with E-state index in [0.29, 0.717) is 11.0 Å². The first-order valence-electron chi connectivity index (χ1n) is 9.03. The predicted molar refractivity (Wildman–Crippen MR) is 88.2 cm³/mol. The molecular weight excluding hydrogens is 254 g/mol. The van der Waals surface area contributed by atoms with Crippen LogP contribution in [0.1, 0.15) is 63.9 Å². The summed E-state index contributed by atoms with van der Waals surface area (Å²) in [6.07, 6.45) is 11.6. The summed E-state index contributed by atoms with van der Waals surface area (Å²) in [5, 5.41) is 0. The molecule has 114 valence electrons. The molecule has 1 heteroatoms. The maximum Gasteiger partial charge on any atom is 0.0466 e. The van der Waals surface area contributed by atoms with Crippen LogP contribution in [0, 0.1) is 11.3 Å². The van der Waals surface area contributed by atoms with Gasteiger partial charge >= 0.3 is 0 Å². The third-order valence-corrected chi connectivity index (χ3v) is 6.84. The van der Waals surface area contributed by atoms with Crippen LogP contribution in [0.5, 0.6) is 0 Å². The molecule has 1 heterocycles. The molecule has 1 saturated heterocycles. The highest BCUT2D eigenvalue weighted by Gasteiger charge is 2.53. The van der Waals surface area contributed by atoms with Crippen LogP contribution < -0.4 is 0 Å². The van der Waals surface area contributed by atoms with Crippen LogP contribution in [-0.4, -0.2) is 18.0 Å². The van der Waals surface area contributed by atoms with Gasteiger partial charge in [0.1, 0.15) is 0 Å². The fraction of sp³-hybridized carbons (Fsp3) is 0.700. The molecular formula is C20H29N. The van der Waals surface area contributed by atoms with E-state index in [0.717, 1.165) is 5.92 Å². The maximum absolute atomic E-state index is 2.80. The monoisotopic (exact) mass is 283 g/mol. The second-order valence-electron chi connectivity index (χ2n) is 8.10. The van der Waals surface area contributed by atoms with E-state index in [9.17, 15) is 0 Å². The highest BCUT2D eigenvalue weighted by Crippen LogP contribution is 2.59. The molecule has 21 heavy (non-hydrogen) atoms. The van der Waals surface area contributed by atoms with Crippen LogP contribution in [0.25, 0.3) is 0 Å². The zero-order valence-electron chi connectivity index (χ0n) is 13.5. The van der Waals surface area contributed by atoms with Crippen molar-refractivity contribution in [2.24, 2.45) is 11.3 Å². The van der Waals surface area contributed by atoms with Gasteiger partial charge in [0.05, 0.1) is 0 Å². The number of rotatable bonds is 2. The Morgan fingerprint density at radius 3 is 2.29 bits per heavy atom. The molecule has 4 rings (SSSR count). The van der Waals surface area contributed by atoms with E-state index in [1.807, 2.05) is 0 Å². The molecule has 1 aromatic rings. The van der Waals surface area contributed by atoms with E-state index in [2.05, 4.69) is 42.2 Å². The Bertz CT molecular complexity index is 482. The van der Waals surface area contributed by atoms with Crippen molar-refractivity contribution in [3.8, 4) is 0 Å². The zero-order chi connectivity index (χ0) is 14.3. The van der Waals surface area contributed by atoms with Crippen LogP contribution >= 0.6 is 0 Å². The minimum Gasteiger partial charge on any atom is -0.293 e. The van der Waals surface area contributed by atoms with Crippen molar-refractivity contribution in [2.45, 2.75) is 63.8 Å². The Labute approximate surface area is 129 Å². The molecule has 1 unspecified atom stereocenters. The summed E-state index contributed by atoms with van der Waals surface area (Å²) in [5.74, 6) is 0.964. The van der Waals surface area contributed by atoms with Gasteiger partial charge in [-0.25, -0.2) is 0 Å². The fourth-order valence-electron chi connectivity index (χ4n) is 5.26. The third kappa shape index (κ3) is 2.25. The number of hydrogen-bond donors (Lipinski definition) is 0. The Kier molecular flexibility index (Phi) is 3.37. The molecule has 0 radical (unpaired) electrons. The van der Waals surface area contributed by atoms with Crippen molar-refractivity contribution in [2.75, 3.05) is 13.1 Å².